The van der Waals surface area contributed by atoms with Crippen molar-refractivity contribution in [2.75, 3.05) is 5.32 Å². The third-order valence-corrected chi connectivity index (χ3v) is 3.19. The van der Waals surface area contributed by atoms with Crippen molar-refractivity contribution >= 4 is 28.3 Å². The number of carbonyl (C=O) groups is 2. The lowest BCUT2D eigenvalue weighted by Crippen LogP contribution is -2.21. The molecule has 2 aromatic rings. The Morgan fingerprint density at radius 3 is 2.90 bits per heavy atom. The van der Waals surface area contributed by atoms with Crippen LogP contribution in [0, 0.1) is 0 Å². The van der Waals surface area contributed by atoms with Gasteiger partial charge in [0.05, 0.1) is 5.69 Å². The van der Waals surface area contributed by atoms with Crippen molar-refractivity contribution in [2.24, 2.45) is 0 Å². The predicted octanol–water partition coefficient (Wildman–Crippen LogP) is 1.02. The lowest BCUT2D eigenvalue weighted by atomic mass is 10.2. The van der Waals surface area contributed by atoms with E-state index in [-0.39, 0.29) is 18.1 Å². The molecule has 0 bridgehead atoms. The predicted molar refractivity (Wildman–Crippen MR) is 71.7 cm³/mol. The summed E-state index contributed by atoms with van der Waals surface area (Å²) < 4.78 is 1.32. The summed E-state index contributed by atoms with van der Waals surface area (Å²) in [6, 6.07) is 0. The number of hydrogen-bond donors (Lipinski definition) is 2. The fraction of sp³-hybridized carbons (Fsp3) is 0.364. The average Bonchev–Trinajstić information content (AvgIpc) is 3.00. The maximum atomic E-state index is 11.8. The Morgan fingerprint density at radius 2 is 2.30 bits per heavy atom. The first-order chi connectivity index (χ1) is 9.61. The fourth-order valence-corrected chi connectivity index (χ4v) is 2.24. The van der Waals surface area contributed by atoms with Crippen LogP contribution in [0.1, 0.15) is 29.5 Å². The molecule has 2 heterocycles. The van der Waals surface area contributed by atoms with Crippen LogP contribution in [0.15, 0.2) is 11.6 Å². The van der Waals surface area contributed by atoms with Crippen LogP contribution in [0.25, 0.3) is 0 Å². The molecule has 0 radical (unpaired) electrons. The van der Waals surface area contributed by atoms with Gasteiger partial charge < -0.3 is 10.4 Å². The van der Waals surface area contributed by atoms with E-state index in [1.165, 1.54) is 16.0 Å². The molecule has 0 fully saturated rings. The van der Waals surface area contributed by atoms with Gasteiger partial charge in [0, 0.05) is 11.6 Å². The molecule has 9 heteroatoms. The molecule has 0 atom stereocenters. The molecule has 0 unspecified atom stereocenters. The van der Waals surface area contributed by atoms with Crippen molar-refractivity contribution in [3.05, 3.63) is 23.0 Å². The van der Waals surface area contributed by atoms with Gasteiger partial charge in [0.15, 0.2) is 10.8 Å². The van der Waals surface area contributed by atoms with Crippen molar-refractivity contribution < 1.29 is 14.7 Å². The number of carbonyl (C=O) groups excluding carboxylic acids is 1. The Hall–Kier alpha value is -2.29. The van der Waals surface area contributed by atoms with Crippen molar-refractivity contribution in [1.29, 1.82) is 0 Å². The second kappa shape index (κ2) is 6.24. The third-order valence-electron chi connectivity index (χ3n) is 2.50. The summed E-state index contributed by atoms with van der Waals surface area (Å²) in [4.78, 5) is 26.8. The first-order valence-electron chi connectivity index (χ1n) is 5.96. The Balaban J connectivity index is 2.12. The van der Waals surface area contributed by atoms with E-state index in [0.717, 1.165) is 6.42 Å². The zero-order chi connectivity index (χ0) is 14.5. The lowest BCUT2D eigenvalue weighted by molar-refractivity contribution is -0.117. The molecule has 0 saturated heterocycles. The Kier molecular flexibility index (Phi) is 4.41. The first-order valence-corrected chi connectivity index (χ1v) is 6.84. The molecule has 20 heavy (non-hydrogen) atoms. The highest BCUT2D eigenvalue weighted by atomic mass is 32.1. The second-order valence-electron chi connectivity index (χ2n) is 3.98. The van der Waals surface area contributed by atoms with Gasteiger partial charge in [0.1, 0.15) is 6.54 Å². The summed E-state index contributed by atoms with van der Waals surface area (Å²) in [5.41, 5.74) is 0.350. The van der Waals surface area contributed by atoms with Gasteiger partial charge in [-0.2, -0.15) is 0 Å². The Bertz CT molecular complexity index is 608. The average molecular weight is 295 g/mol. The first kappa shape index (κ1) is 14.1. The number of amides is 1. The molecule has 8 nitrogen and oxygen atoms in total. The number of anilines is 1. The van der Waals surface area contributed by atoms with E-state index in [1.54, 1.807) is 11.6 Å². The zero-order valence-corrected chi connectivity index (χ0v) is 11.6. The fourth-order valence-electron chi connectivity index (χ4n) is 1.69. The number of carboxylic acids is 1. The number of nitrogens with one attached hydrogen (secondary N) is 1. The van der Waals surface area contributed by atoms with Crippen LogP contribution < -0.4 is 5.32 Å². The largest absolute Gasteiger partial charge is 0.476 e. The van der Waals surface area contributed by atoms with E-state index >= 15 is 0 Å². The van der Waals surface area contributed by atoms with Crippen molar-refractivity contribution in [1.82, 2.24) is 20.0 Å². The summed E-state index contributed by atoms with van der Waals surface area (Å²) in [5, 5.41) is 21.2. The van der Waals surface area contributed by atoms with E-state index in [1.807, 2.05) is 6.92 Å². The molecule has 0 aliphatic carbocycles. The summed E-state index contributed by atoms with van der Waals surface area (Å²) >= 11 is 1.30. The molecule has 2 N–H and O–H groups in total. The quantitative estimate of drug-likeness (QED) is 0.823. The van der Waals surface area contributed by atoms with Crippen molar-refractivity contribution in [3.8, 4) is 0 Å². The standard InChI is InChI=1S/C11H13N5O3S/c1-2-3-7-9(10(18)19)14-15-16(7)6-8(17)13-11-12-4-5-20-11/h4-5H,2-3,6H2,1H3,(H,18,19)(H,12,13,17). The van der Waals surface area contributed by atoms with Crippen LogP contribution in [0.4, 0.5) is 5.13 Å². The minimum atomic E-state index is -1.14. The maximum absolute atomic E-state index is 11.8. The zero-order valence-electron chi connectivity index (χ0n) is 10.7. The highest BCUT2D eigenvalue weighted by Crippen LogP contribution is 2.12. The smallest absolute Gasteiger partial charge is 0.358 e. The van der Waals surface area contributed by atoms with E-state index < -0.39 is 5.97 Å². The van der Waals surface area contributed by atoms with Gasteiger partial charge in [-0.05, 0) is 6.42 Å². The highest BCUT2D eigenvalue weighted by Gasteiger charge is 2.19. The molecule has 2 rings (SSSR count). The normalized spacial score (nSPS) is 10.4. The van der Waals surface area contributed by atoms with E-state index in [9.17, 15) is 9.59 Å². The van der Waals surface area contributed by atoms with Gasteiger partial charge in [-0.3, -0.25) is 4.79 Å². The van der Waals surface area contributed by atoms with Crippen LogP contribution in [0.3, 0.4) is 0 Å². The molecule has 2 aromatic heterocycles. The van der Waals surface area contributed by atoms with Crippen LogP contribution in [-0.2, 0) is 17.8 Å². The molecule has 1 amide bonds. The molecule has 0 aromatic carbocycles. The topological polar surface area (TPSA) is 110 Å². The van der Waals surface area contributed by atoms with Crippen LogP contribution in [0.5, 0.6) is 0 Å². The van der Waals surface area contributed by atoms with E-state index in [4.69, 9.17) is 5.11 Å². The summed E-state index contributed by atoms with van der Waals surface area (Å²) in [6.45, 7) is 1.83. The molecule has 0 aliphatic heterocycles. The lowest BCUT2D eigenvalue weighted by Gasteiger charge is -2.05. The summed E-state index contributed by atoms with van der Waals surface area (Å²) in [6.07, 6.45) is 2.82. The van der Waals surface area contributed by atoms with Crippen LogP contribution in [-0.4, -0.2) is 37.0 Å². The van der Waals surface area contributed by atoms with Crippen molar-refractivity contribution in [3.63, 3.8) is 0 Å². The Labute approximate surface area is 118 Å². The van der Waals surface area contributed by atoms with Gasteiger partial charge in [-0.1, -0.05) is 18.6 Å². The van der Waals surface area contributed by atoms with Crippen molar-refractivity contribution in [2.45, 2.75) is 26.3 Å². The van der Waals surface area contributed by atoms with E-state index in [0.29, 0.717) is 17.2 Å². The number of thiazole rings is 1. The number of nitrogens with zero attached hydrogens (tertiary/aromatic N) is 4. The summed E-state index contributed by atoms with van der Waals surface area (Å²) in [7, 11) is 0. The molecule has 106 valence electrons. The SMILES string of the molecule is CCCc1c(C(=O)O)nnn1CC(=O)Nc1nccs1. The van der Waals surface area contributed by atoms with Gasteiger partial charge in [0.25, 0.3) is 0 Å². The minimum absolute atomic E-state index is 0.0881. The number of aromatic nitrogens is 4. The second-order valence-corrected chi connectivity index (χ2v) is 4.88. The van der Waals surface area contributed by atoms with Crippen LogP contribution >= 0.6 is 11.3 Å². The number of carboxylic acid groups (broad SMARTS) is 1. The van der Waals surface area contributed by atoms with E-state index in [2.05, 4.69) is 20.6 Å². The van der Waals surface area contributed by atoms with Gasteiger partial charge in [-0.15, -0.1) is 16.4 Å². The molecule has 0 spiro atoms. The third kappa shape index (κ3) is 3.18. The molecule has 0 aliphatic rings. The van der Waals surface area contributed by atoms with Gasteiger partial charge in [-0.25, -0.2) is 14.5 Å². The maximum Gasteiger partial charge on any atom is 0.358 e. The highest BCUT2D eigenvalue weighted by molar-refractivity contribution is 7.13. The molecular weight excluding hydrogens is 282 g/mol. The molecular formula is C11H13N5O3S. The number of aromatic carboxylic acids is 1. The number of hydrogen-bond acceptors (Lipinski definition) is 6. The Morgan fingerprint density at radius 1 is 1.50 bits per heavy atom. The monoisotopic (exact) mass is 295 g/mol. The number of rotatable bonds is 6. The molecule has 0 saturated carbocycles. The van der Waals surface area contributed by atoms with Crippen LogP contribution in [0.2, 0.25) is 0 Å². The van der Waals surface area contributed by atoms with Gasteiger partial charge in [0.2, 0.25) is 5.91 Å². The van der Waals surface area contributed by atoms with Gasteiger partial charge >= 0.3 is 5.97 Å². The summed E-state index contributed by atoms with van der Waals surface area (Å²) in [5.74, 6) is -1.46. The minimum Gasteiger partial charge on any atom is -0.476 e.